The molecule has 4 nitrogen and oxygen atoms in total. The van der Waals surface area contributed by atoms with Gasteiger partial charge in [0.25, 0.3) is 0 Å². The number of hydrogen-bond donors (Lipinski definition) is 4. The van der Waals surface area contributed by atoms with Crippen LogP contribution in [-0.4, -0.2) is 12.1 Å². The largest absolute Gasteiger partial charge is 0.271 e. The van der Waals surface area contributed by atoms with Crippen LogP contribution in [0.4, 0.5) is 0 Å². The van der Waals surface area contributed by atoms with Gasteiger partial charge in [-0.15, -0.1) is 0 Å². The maximum absolute atomic E-state index is 5.60. The van der Waals surface area contributed by atoms with Crippen molar-refractivity contribution in [3.05, 3.63) is 0 Å². The van der Waals surface area contributed by atoms with E-state index in [4.69, 9.17) is 11.7 Å². The summed E-state index contributed by atoms with van der Waals surface area (Å²) in [6, 6.07) is 1.07. The molecule has 2 aliphatic rings. The van der Waals surface area contributed by atoms with Gasteiger partial charge in [-0.25, -0.2) is 0 Å². The van der Waals surface area contributed by atoms with Crippen LogP contribution in [0.25, 0.3) is 0 Å². The molecule has 6 atom stereocenters. The topological polar surface area (TPSA) is 76.1 Å². The highest BCUT2D eigenvalue weighted by atomic mass is 15.2. The van der Waals surface area contributed by atoms with Gasteiger partial charge in [0.2, 0.25) is 0 Å². The molecular weight excluding hydrogens is 236 g/mol. The van der Waals surface area contributed by atoms with E-state index in [2.05, 4.69) is 24.7 Å². The Morgan fingerprint density at radius 3 is 1.53 bits per heavy atom. The van der Waals surface area contributed by atoms with E-state index >= 15 is 0 Å². The summed E-state index contributed by atoms with van der Waals surface area (Å²) in [5, 5.41) is 0. The minimum Gasteiger partial charge on any atom is -0.271 e. The summed E-state index contributed by atoms with van der Waals surface area (Å²) in [4.78, 5) is 0. The predicted octanol–water partition coefficient (Wildman–Crippen LogP) is 1.91. The van der Waals surface area contributed by atoms with Gasteiger partial charge in [-0.05, 0) is 68.6 Å². The molecule has 112 valence electrons. The minimum absolute atomic E-state index is 0.535. The summed E-state index contributed by atoms with van der Waals surface area (Å²) in [6.45, 7) is 4.68. The second kappa shape index (κ2) is 7.02. The molecule has 2 fully saturated rings. The van der Waals surface area contributed by atoms with E-state index in [1.165, 1.54) is 44.9 Å². The first kappa shape index (κ1) is 15.2. The molecule has 0 aliphatic heterocycles. The standard InChI is InChI=1S/C15H32N4/c1-10-7-12(3-5-14(10)18-16)9-13-4-6-15(19-17)11(2)8-13/h10-15,18-19H,3-9,16-17H2,1-2H3. The van der Waals surface area contributed by atoms with E-state index < -0.39 is 0 Å². The van der Waals surface area contributed by atoms with Crippen molar-refractivity contribution >= 4 is 0 Å². The third kappa shape index (κ3) is 3.91. The van der Waals surface area contributed by atoms with E-state index in [0.29, 0.717) is 12.1 Å². The van der Waals surface area contributed by atoms with Gasteiger partial charge < -0.3 is 0 Å². The van der Waals surface area contributed by atoms with E-state index in [0.717, 1.165) is 23.7 Å². The van der Waals surface area contributed by atoms with Crippen LogP contribution in [0.2, 0.25) is 0 Å². The maximum atomic E-state index is 5.60. The second-order valence-electron chi connectivity index (χ2n) is 7.09. The molecule has 19 heavy (non-hydrogen) atoms. The van der Waals surface area contributed by atoms with Crippen LogP contribution in [0.3, 0.4) is 0 Å². The Kier molecular flexibility index (Phi) is 5.63. The Balaban J connectivity index is 1.76. The van der Waals surface area contributed by atoms with E-state index in [1.807, 2.05) is 0 Å². The second-order valence-corrected chi connectivity index (χ2v) is 7.09. The van der Waals surface area contributed by atoms with E-state index in [9.17, 15) is 0 Å². The summed E-state index contributed by atoms with van der Waals surface area (Å²) in [5.41, 5.74) is 5.95. The van der Waals surface area contributed by atoms with Crippen molar-refractivity contribution in [2.45, 2.75) is 70.9 Å². The van der Waals surface area contributed by atoms with E-state index in [1.54, 1.807) is 0 Å². The molecule has 6 N–H and O–H groups in total. The summed E-state index contributed by atoms with van der Waals surface area (Å²) < 4.78 is 0. The Labute approximate surface area is 118 Å². The molecular formula is C15H32N4. The lowest BCUT2D eigenvalue weighted by atomic mass is 9.71. The molecule has 2 aliphatic carbocycles. The van der Waals surface area contributed by atoms with Crippen LogP contribution in [0.5, 0.6) is 0 Å². The molecule has 0 amide bonds. The molecule has 0 heterocycles. The first-order valence-corrected chi connectivity index (χ1v) is 8.06. The molecule has 0 saturated heterocycles. The fraction of sp³-hybridized carbons (Fsp3) is 1.00. The highest BCUT2D eigenvalue weighted by Crippen LogP contribution is 2.38. The monoisotopic (exact) mass is 268 g/mol. The van der Waals surface area contributed by atoms with Crippen molar-refractivity contribution in [3.63, 3.8) is 0 Å². The van der Waals surface area contributed by atoms with Gasteiger partial charge >= 0.3 is 0 Å². The number of rotatable bonds is 4. The quantitative estimate of drug-likeness (QED) is 0.464. The zero-order valence-corrected chi connectivity index (χ0v) is 12.6. The lowest BCUT2D eigenvalue weighted by molar-refractivity contribution is 0.149. The number of hydrazine groups is 2. The summed E-state index contributed by atoms with van der Waals surface area (Å²) >= 11 is 0. The summed E-state index contributed by atoms with van der Waals surface area (Å²) in [5.74, 6) is 14.5. The van der Waals surface area contributed by atoms with Crippen molar-refractivity contribution in [1.82, 2.24) is 10.9 Å². The number of hydrogen-bond acceptors (Lipinski definition) is 4. The van der Waals surface area contributed by atoms with Crippen LogP contribution in [0.1, 0.15) is 58.8 Å². The average molecular weight is 268 g/mol. The predicted molar refractivity (Wildman–Crippen MR) is 79.8 cm³/mol. The minimum atomic E-state index is 0.535. The molecule has 0 radical (unpaired) electrons. The van der Waals surface area contributed by atoms with Gasteiger partial charge in [0.1, 0.15) is 0 Å². The molecule has 0 bridgehead atoms. The average Bonchev–Trinajstić information content (AvgIpc) is 2.39. The first-order valence-electron chi connectivity index (χ1n) is 8.06. The van der Waals surface area contributed by atoms with Gasteiger partial charge in [-0.1, -0.05) is 13.8 Å². The zero-order valence-electron chi connectivity index (χ0n) is 12.6. The highest BCUT2D eigenvalue weighted by Gasteiger charge is 2.31. The molecule has 0 aromatic carbocycles. The highest BCUT2D eigenvalue weighted by molar-refractivity contribution is 4.86. The van der Waals surface area contributed by atoms with Crippen LogP contribution in [0, 0.1) is 23.7 Å². The van der Waals surface area contributed by atoms with Crippen molar-refractivity contribution in [2.24, 2.45) is 35.4 Å². The lowest BCUT2D eigenvalue weighted by Gasteiger charge is -2.38. The van der Waals surface area contributed by atoms with Crippen LogP contribution >= 0.6 is 0 Å². The van der Waals surface area contributed by atoms with Crippen LogP contribution < -0.4 is 22.5 Å². The molecule has 2 rings (SSSR count). The Bertz CT molecular complexity index is 245. The smallest absolute Gasteiger partial charge is 0.0236 e. The fourth-order valence-corrected chi connectivity index (χ4v) is 4.41. The maximum Gasteiger partial charge on any atom is 0.0236 e. The number of nitrogens with one attached hydrogen (secondary N) is 2. The van der Waals surface area contributed by atoms with Crippen molar-refractivity contribution in [3.8, 4) is 0 Å². The van der Waals surface area contributed by atoms with Gasteiger partial charge in [0, 0.05) is 12.1 Å². The Hall–Kier alpha value is -0.160. The molecule has 4 heteroatoms. The van der Waals surface area contributed by atoms with Crippen molar-refractivity contribution in [1.29, 1.82) is 0 Å². The Morgan fingerprint density at radius 2 is 1.21 bits per heavy atom. The summed E-state index contributed by atoms with van der Waals surface area (Å²) in [6.07, 6.45) is 9.31. The van der Waals surface area contributed by atoms with E-state index in [-0.39, 0.29) is 0 Å². The Morgan fingerprint density at radius 1 is 0.789 bits per heavy atom. The normalized spacial score (nSPS) is 44.2. The van der Waals surface area contributed by atoms with Crippen molar-refractivity contribution < 1.29 is 0 Å². The number of nitrogens with two attached hydrogens (primary N) is 2. The lowest BCUT2D eigenvalue weighted by Crippen LogP contribution is -2.44. The zero-order chi connectivity index (χ0) is 13.8. The molecule has 0 aromatic rings. The van der Waals surface area contributed by atoms with Gasteiger partial charge in [-0.2, -0.15) is 0 Å². The summed E-state index contributed by atoms with van der Waals surface area (Å²) in [7, 11) is 0. The molecule has 6 unspecified atom stereocenters. The van der Waals surface area contributed by atoms with Crippen LogP contribution in [0.15, 0.2) is 0 Å². The SMILES string of the molecule is CC1CC(CC2CCC(NN)C(C)C2)CCC1NN. The van der Waals surface area contributed by atoms with Gasteiger partial charge in [-0.3, -0.25) is 22.5 Å². The third-order valence-electron chi connectivity index (χ3n) is 5.65. The van der Waals surface area contributed by atoms with Gasteiger partial charge in [0.05, 0.1) is 0 Å². The molecule has 2 saturated carbocycles. The third-order valence-corrected chi connectivity index (χ3v) is 5.65. The first-order chi connectivity index (χ1) is 9.13. The molecule has 0 aromatic heterocycles. The van der Waals surface area contributed by atoms with Gasteiger partial charge in [0.15, 0.2) is 0 Å². The fourth-order valence-electron chi connectivity index (χ4n) is 4.41. The van der Waals surface area contributed by atoms with Crippen molar-refractivity contribution in [2.75, 3.05) is 0 Å². The van der Waals surface area contributed by atoms with Crippen LogP contribution in [-0.2, 0) is 0 Å². The molecule has 0 spiro atoms.